The molecule has 0 spiro atoms. The maximum atomic E-state index is 6.07. The van der Waals surface area contributed by atoms with Crippen LogP contribution in [0.3, 0.4) is 0 Å². The molecule has 94 valence electrons. The molecule has 2 nitrogen and oxygen atoms in total. The van der Waals surface area contributed by atoms with Gasteiger partial charge in [-0.3, -0.25) is 4.98 Å². The number of benzene rings is 2. The molecule has 2 N–H and O–H groups in total. The van der Waals surface area contributed by atoms with E-state index in [2.05, 4.69) is 42.2 Å². The number of anilines is 1. The molecule has 1 heterocycles. The van der Waals surface area contributed by atoms with Crippen LogP contribution in [0.2, 0.25) is 0 Å². The summed E-state index contributed by atoms with van der Waals surface area (Å²) in [5.74, 6) is 0. The van der Waals surface area contributed by atoms with Gasteiger partial charge in [-0.15, -0.1) is 0 Å². The van der Waals surface area contributed by atoms with E-state index < -0.39 is 0 Å². The van der Waals surface area contributed by atoms with Crippen LogP contribution in [0.15, 0.2) is 48.5 Å². The Morgan fingerprint density at radius 3 is 2.58 bits per heavy atom. The maximum Gasteiger partial charge on any atom is 0.0705 e. The molecule has 0 aliphatic heterocycles. The highest BCUT2D eigenvalue weighted by molar-refractivity contribution is 5.87. The Morgan fingerprint density at radius 1 is 0.895 bits per heavy atom. The SMILES string of the molecule is Cc1ccc(N)c(-c2ccc3nc(C)ccc3c2)c1. The lowest BCUT2D eigenvalue weighted by molar-refractivity contribution is 1.26. The topological polar surface area (TPSA) is 38.9 Å². The van der Waals surface area contributed by atoms with Crippen molar-refractivity contribution in [2.24, 2.45) is 0 Å². The Kier molecular flexibility index (Phi) is 2.71. The van der Waals surface area contributed by atoms with Crippen LogP contribution in [0, 0.1) is 13.8 Å². The normalized spacial score (nSPS) is 10.8. The number of hydrogen-bond donors (Lipinski definition) is 1. The second kappa shape index (κ2) is 4.39. The summed E-state index contributed by atoms with van der Waals surface area (Å²) in [6.07, 6.45) is 0. The minimum Gasteiger partial charge on any atom is -0.398 e. The molecule has 2 heteroatoms. The van der Waals surface area contributed by atoms with Gasteiger partial charge in [0.2, 0.25) is 0 Å². The van der Waals surface area contributed by atoms with Gasteiger partial charge in [-0.1, -0.05) is 23.8 Å². The third-order valence-electron chi connectivity index (χ3n) is 3.35. The second-order valence-electron chi connectivity index (χ2n) is 4.95. The van der Waals surface area contributed by atoms with Crippen LogP contribution in [0.5, 0.6) is 0 Å². The van der Waals surface area contributed by atoms with Crippen molar-refractivity contribution < 1.29 is 0 Å². The molecule has 0 aliphatic carbocycles. The van der Waals surface area contributed by atoms with Crippen molar-refractivity contribution in [1.29, 1.82) is 0 Å². The van der Waals surface area contributed by atoms with E-state index in [-0.39, 0.29) is 0 Å². The fraction of sp³-hybridized carbons (Fsp3) is 0.118. The zero-order chi connectivity index (χ0) is 13.4. The van der Waals surface area contributed by atoms with E-state index in [4.69, 9.17) is 5.73 Å². The molecule has 3 rings (SSSR count). The first-order valence-electron chi connectivity index (χ1n) is 6.37. The van der Waals surface area contributed by atoms with Gasteiger partial charge in [0.1, 0.15) is 0 Å². The Balaban J connectivity index is 2.20. The standard InChI is InChI=1S/C17H16N2/c1-11-3-7-16(18)15(9-11)13-6-8-17-14(10-13)5-4-12(2)19-17/h3-10H,18H2,1-2H3. The van der Waals surface area contributed by atoms with Gasteiger partial charge in [-0.05, 0) is 49.7 Å². The molecule has 3 aromatic rings. The molecular weight excluding hydrogens is 232 g/mol. The average molecular weight is 248 g/mol. The van der Waals surface area contributed by atoms with Crippen molar-refractivity contribution in [3.63, 3.8) is 0 Å². The fourth-order valence-corrected chi connectivity index (χ4v) is 2.32. The van der Waals surface area contributed by atoms with E-state index in [0.717, 1.165) is 33.4 Å². The molecule has 1 aromatic heterocycles. The van der Waals surface area contributed by atoms with Crippen LogP contribution in [0.1, 0.15) is 11.3 Å². The highest BCUT2D eigenvalue weighted by Gasteiger charge is 2.04. The smallest absolute Gasteiger partial charge is 0.0705 e. The third-order valence-corrected chi connectivity index (χ3v) is 3.35. The van der Waals surface area contributed by atoms with Crippen LogP contribution in [0.25, 0.3) is 22.0 Å². The summed E-state index contributed by atoms with van der Waals surface area (Å²) in [7, 11) is 0. The first kappa shape index (κ1) is 11.7. The highest BCUT2D eigenvalue weighted by Crippen LogP contribution is 2.29. The quantitative estimate of drug-likeness (QED) is 0.658. The Hall–Kier alpha value is -2.35. The van der Waals surface area contributed by atoms with Gasteiger partial charge < -0.3 is 5.73 Å². The maximum absolute atomic E-state index is 6.07. The largest absolute Gasteiger partial charge is 0.398 e. The van der Waals surface area contributed by atoms with Crippen LogP contribution in [-0.4, -0.2) is 4.98 Å². The van der Waals surface area contributed by atoms with Gasteiger partial charge >= 0.3 is 0 Å². The number of nitrogens with zero attached hydrogens (tertiary/aromatic N) is 1. The number of fused-ring (bicyclic) bond motifs is 1. The number of nitrogens with two attached hydrogens (primary N) is 1. The molecular formula is C17H16N2. The molecule has 0 amide bonds. The molecule has 0 bridgehead atoms. The van der Waals surface area contributed by atoms with Crippen molar-refractivity contribution in [1.82, 2.24) is 4.98 Å². The first-order valence-corrected chi connectivity index (χ1v) is 6.37. The summed E-state index contributed by atoms with van der Waals surface area (Å²) in [5, 5.41) is 1.14. The third kappa shape index (κ3) is 2.17. The number of aromatic nitrogens is 1. The van der Waals surface area contributed by atoms with E-state index in [9.17, 15) is 0 Å². The zero-order valence-corrected chi connectivity index (χ0v) is 11.1. The highest BCUT2D eigenvalue weighted by atomic mass is 14.7. The predicted molar refractivity (Wildman–Crippen MR) is 81.1 cm³/mol. The number of rotatable bonds is 1. The minimum absolute atomic E-state index is 0.810. The van der Waals surface area contributed by atoms with E-state index >= 15 is 0 Å². The average Bonchev–Trinajstić information content (AvgIpc) is 2.41. The molecule has 0 aliphatic rings. The van der Waals surface area contributed by atoms with Crippen LogP contribution in [0.4, 0.5) is 5.69 Å². The summed E-state index contributed by atoms with van der Waals surface area (Å²) < 4.78 is 0. The monoisotopic (exact) mass is 248 g/mol. The molecule has 0 unspecified atom stereocenters. The minimum atomic E-state index is 0.810. The van der Waals surface area contributed by atoms with Gasteiger partial charge in [-0.2, -0.15) is 0 Å². The zero-order valence-electron chi connectivity index (χ0n) is 11.1. The van der Waals surface area contributed by atoms with Crippen molar-refractivity contribution in [3.05, 3.63) is 59.8 Å². The van der Waals surface area contributed by atoms with Crippen LogP contribution < -0.4 is 5.73 Å². The lowest BCUT2D eigenvalue weighted by atomic mass is 10.00. The molecule has 2 aromatic carbocycles. The molecule has 0 atom stereocenters. The van der Waals surface area contributed by atoms with Crippen molar-refractivity contribution in [3.8, 4) is 11.1 Å². The number of hydrogen-bond acceptors (Lipinski definition) is 2. The molecule has 0 saturated carbocycles. The van der Waals surface area contributed by atoms with Gasteiger partial charge in [0.25, 0.3) is 0 Å². The van der Waals surface area contributed by atoms with Gasteiger partial charge in [-0.25, -0.2) is 0 Å². The summed E-state index contributed by atoms with van der Waals surface area (Å²) in [5.41, 5.74) is 12.4. The Bertz CT molecular complexity index is 760. The molecule has 0 radical (unpaired) electrons. The van der Waals surface area contributed by atoms with E-state index in [1.165, 1.54) is 5.56 Å². The second-order valence-corrected chi connectivity index (χ2v) is 4.95. The summed E-state index contributed by atoms with van der Waals surface area (Å²) in [6.45, 7) is 4.08. The lowest BCUT2D eigenvalue weighted by Crippen LogP contribution is -1.91. The Labute approximate surface area is 112 Å². The van der Waals surface area contributed by atoms with Crippen LogP contribution in [-0.2, 0) is 0 Å². The van der Waals surface area contributed by atoms with E-state index in [1.807, 2.05) is 25.1 Å². The van der Waals surface area contributed by atoms with Gasteiger partial charge in [0.15, 0.2) is 0 Å². The predicted octanol–water partition coefficient (Wildman–Crippen LogP) is 4.10. The van der Waals surface area contributed by atoms with Crippen molar-refractivity contribution in [2.75, 3.05) is 5.73 Å². The van der Waals surface area contributed by atoms with E-state index in [1.54, 1.807) is 0 Å². The summed E-state index contributed by atoms with van der Waals surface area (Å²) in [6, 6.07) is 16.5. The fourth-order valence-electron chi connectivity index (χ4n) is 2.32. The van der Waals surface area contributed by atoms with Crippen molar-refractivity contribution >= 4 is 16.6 Å². The number of pyridine rings is 1. The molecule has 19 heavy (non-hydrogen) atoms. The van der Waals surface area contributed by atoms with Crippen LogP contribution >= 0.6 is 0 Å². The number of nitrogen functional groups attached to an aromatic ring is 1. The summed E-state index contributed by atoms with van der Waals surface area (Å²) >= 11 is 0. The van der Waals surface area contributed by atoms with Gasteiger partial charge in [0, 0.05) is 22.3 Å². The van der Waals surface area contributed by atoms with Crippen molar-refractivity contribution in [2.45, 2.75) is 13.8 Å². The molecule has 0 saturated heterocycles. The van der Waals surface area contributed by atoms with E-state index in [0.29, 0.717) is 0 Å². The summed E-state index contributed by atoms with van der Waals surface area (Å²) in [4.78, 5) is 4.52. The first-order chi connectivity index (χ1) is 9.13. The molecule has 0 fully saturated rings. The lowest BCUT2D eigenvalue weighted by Gasteiger charge is -2.08. The van der Waals surface area contributed by atoms with Gasteiger partial charge in [0.05, 0.1) is 5.52 Å². The Morgan fingerprint density at radius 2 is 1.74 bits per heavy atom. The number of aryl methyl sites for hydroxylation is 2.